The van der Waals surface area contributed by atoms with E-state index >= 15 is 0 Å². The third kappa shape index (κ3) is 9.26. The van der Waals surface area contributed by atoms with E-state index in [1.807, 2.05) is 14.0 Å². The van der Waals surface area contributed by atoms with Crippen molar-refractivity contribution in [2.45, 2.75) is 45.1 Å². The van der Waals surface area contributed by atoms with Crippen LogP contribution in [0.15, 0.2) is 36.9 Å². The molecule has 182 valence electrons. The summed E-state index contributed by atoms with van der Waals surface area (Å²) in [6, 6.07) is 6.30. The fourth-order valence-corrected chi connectivity index (χ4v) is 3.70. The van der Waals surface area contributed by atoms with E-state index in [0.29, 0.717) is 38.0 Å². The highest BCUT2D eigenvalue weighted by Gasteiger charge is 2.28. The van der Waals surface area contributed by atoms with Crippen LogP contribution in [0.4, 0.5) is 0 Å². The summed E-state index contributed by atoms with van der Waals surface area (Å²) < 4.78 is 10.6. The molecule has 2 amide bonds. The average Bonchev–Trinajstić information content (AvgIpc) is 2.82. The van der Waals surface area contributed by atoms with Gasteiger partial charge in [0.15, 0.2) is 0 Å². The summed E-state index contributed by atoms with van der Waals surface area (Å²) in [6.45, 7) is 8.37. The topological polar surface area (TPSA) is 97.0 Å². The number of amides is 2. The summed E-state index contributed by atoms with van der Waals surface area (Å²) in [6.07, 6.45) is 4.86. The van der Waals surface area contributed by atoms with E-state index < -0.39 is 12.0 Å². The molecule has 8 heteroatoms. The zero-order valence-electron chi connectivity index (χ0n) is 19.8. The van der Waals surface area contributed by atoms with Crippen LogP contribution in [0.3, 0.4) is 0 Å². The maximum absolute atomic E-state index is 12.7. The van der Waals surface area contributed by atoms with E-state index in [4.69, 9.17) is 9.47 Å². The zero-order valence-corrected chi connectivity index (χ0v) is 19.8. The van der Waals surface area contributed by atoms with Crippen molar-refractivity contribution in [3.63, 3.8) is 0 Å². The Bertz CT molecular complexity index is 773. The van der Waals surface area contributed by atoms with Gasteiger partial charge in [-0.3, -0.25) is 9.59 Å². The molecule has 0 aliphatic carbocycles. The fraction of sp³-hybridized carbons (Fsp3) is 0.560. The van der Waals surface area contributed by atoms with Crippen molar-refractivity contribution < 1.29 is 23.9 Å². The lowest BCUT2D eigenvalue weighted by Gasteiger charge is -2.29. The first-order chi connectivity index (χ1) is 15.9. The molecule has 2 N–H and O–H groups in total. The molecule has 1 unspecified atom stereocenters. The summed E-state index contributed by atoms with van der Waals surface area (Å²) in [5.41, 5.74) is 0.565. The molecule has 0 radical (unpaired) electrons. The molecule has 0 spiro atoms. The highest BCUT2D eigenvalue weighted by Crippen LogP contribution is 2.17. The number of benzene rings is 1. The van der Waals surface area contributed by atoms with Gasteiger partial charge in [0.2, 0.25) is 5.91 Å². The first kappa shape index (κ1) is 26.4. The van der Waals surface area contributed by atoms with Gasteiger partial charge in [-0.05, 0) is 83.4 Å². The summed E-state index contributed by atoms with van der Waals surface area (Å²) in [5.74, 6) is -0.0485. The van der Waals surface area contributed by atoms with Crippen molar-refractivity contribution in [3.05, 3.63) is 42.5 Å². The third-order valence-electron chi connectivity index (χ3n) is 5.67. The Labute approximate surface area is 196 Å². The lowest BCUT2D eigenvalue weighted by atomic mass is 9.95. The van der Waals surface area contributed by atoms with Crippen LogP contribution in [0.2, 0.25) is 0 Å². The van der Waals surface area contributed by atoms with Crippen LogP contribution < -0.4 is 15.4 Å². The molecule has 1 fully saturated rings. The molecule has 1 aromatic rings. The molecule has 0 saturated carbocycles. The van der Waals surface area contributed by atoms with Gasteiger partial charge in [0, 0.05) is 18.0 Å². The molecule has 0 bridgehead atoms. The smallest absolute Gasteiger partial charge is 0.328 e. The average molecular weight is 460 g/mol. The quantitative estimate of drug-likeness (QED) is 0.267. The minimum absolute atomic E-state index is 0.0793. The van der Waals surface area contributed by atoms with Gasteiger partial charge in [0.25, 0.3) is 5.91 Å². The molecule has 0 aromatic heterocycles. The Morgan fingerprint density at radius 1 is 1.18 bits per heavy atom. The van der Waals surface area contributed by atoms with Gasteiger partial charge in [-0.15, -0.1) is 0 Å². The molecule has 8 nitrogen and oxygen atoms in total. The normalized spacial score (nSPS) is 15.3. The van der Waals surface area contributed by atoms with Crippen LogP contribution in [0.25, 0.3) is 0 Å². The second-order valence-electron chi connectivity index (χ2n) is 8.27. The van der Waals surface area contributed by atoms with Crippen LogP contribution in [-0.2, 0) is 14.3 Å². The zero-order chi connectivity index (χ0) is 24.1. The van der Waals surface area contributed by atoms with Crippen molar-refractivity contribution in [2.24, 2.45) is 5.92 Å². The van der Waals surface area contributed by atoms with E-state index in [0.717, 1.165) is 31.7 Å². The van der Waals surface area contributed by atoms with Gasteiger partial charge in [0.05, 0.1) is 6.61 Å². The van der Waals surface area contributed by atoms with Crippen molar-refractivity contribution in [1.82, 2.24) is 15.5 Å². The summed E-state index contributed by atoms with van der Waals surface area (Å²) >= 11 is 0. The number of unbranched alkanes of at least 4 members (excludes halogenated alkanes) is 1. The van der Waals surface area contributed by atoms with Crippen LogP contribution in [0, 0.1) is 5.92 Å². The number of rotatable bonds is 13. The van der Waals surface area contributed by atoms with Gasteiger partial charge in [-0.25, -0.2) is 4.79 Å². The van der Waals surface area contributed by atoms with Gasteiger partial charge < -0.3 is 25.0 Å². The van der Waals surface area contributed by atoms with E-state index in [1.54, 1.807) is 24.3 Å². The maximum atomic E-state index is 12.7. The first-order valence-electron chi connectivity index (χ1n) is 11.7. The molecule has 1 aliphatic rings. The monoisotopic (exact) mass is 459 g/mol. The Hall–Kier alpha value is -2.87. The predicted octanol–water partition coefficient (Wildman–Crippen LogP) is 2.54. The number of esters is 1. The summed E-state index contributed by atoms with van der Waals surface area (Å²) in [5, 5.41) is 5.77. The molecular weight excluding hydrogens is 422 g/mol. The van der Waals surface area contributed by atoms with Crippen LogP contribution in [-0.4, -0.2) is 68.6 Å². The number of hydrogen-bond acceptors (Lipinski definition) is 6. The van der Waals surface area contributed by atoms with Crippen molar-refractivity contribution in [2.75, 3.05) is 39.9 Å². The second kappa shape index (κ2) is 14.3. The standard InChI is InChI=1S/C25H37N3O5/c1-4-18-33-25(31)22(27-24(30)20-13-16-28(3)17-14-20)8-6-7-15-26-23(29)19-9-11-21(12-10-19)32-5-2/h4,9-12,20,22H,1,5-8,13-18H2,2-3H3,(H,26,29)(H,27,30). The Kier molecular flexibility index (Phi) is 11.4. The van der Waals surface area contributed by atoms with Crippen LogP contribution in [0.1, 0.15) is 49.4 Å². The molecule has 33 heavy (non-hydrogen) atoms. The molecule has 1 heterocycles. The second-order valence-corrected chi connectivity index (χ2v) is 8.27. The van der Waals surface area contributed by atoms with Gasteiger partial charge >= 0.3 is 5.97 Å². The Morgan fingerprint density at radius 2 is 1.88 bits per heavy atom. The van der Waals surface area contributed by atoms with E-state index in [2.05, 4.69) is 22.1 Å². The van der Waals surface area contributed by atoms with Gasteiger partial charge in [-0.1, -0.05) is 12.7 Å². The SMILES string of the molecule is C=CCOC(=O)C(CCCCNC(=O)c1ccc(OCC)cc1)NC(=O)C1CCN(C)CC1. The number of carbonyl (C=O) groups is 3. The number of ether oxygens (including phenoxy) is 2. The molecular formula is C25H37N3O5. The highest BCUT2D eigenvalue weighted by molar-refractivity contribution is 5.94. The molecule has 2 rings (SSSR count). The molecule has 1 saturated heterocycles. The minimum Gasteiger partial charge on any atom is -0.494 e. The number of piperidine rings is 1. The molecule has 1 aliphatic heterocycles. The van der Waals surface area contributed by atoms with Gasteiger partial charge in [-0.2, -0.15) is 0 Å². The predicted molar refractivity (Wildman–Crippen MR) is 127 cm³/mol. The number of hydrogen-bond donors (Lipinski definition) is 2. The molecule has 1 atom stereocenters. The lowest BCUT2D eigenvalue weighted by molar-refractivity contribution is -0.147. The minimum atomic E-state index is -0.695. The highest BCUT2D eigenvalue weighted by atomic mass is 16.5. The first-order valence-corrected chi connectivity index (χ1v) is 11.7. The van der Waals surface area contributed by atoms with Gasteiger partial charge in [0.1, 0.15) is 18.4 Å². The van der Waals surface area contributed by atoms with Crippen molar-refractivity contribution in [3.8, 4) is 5.75 Å². The largest absolute Gasteiger partial charge is 0.494 e. The van der Waals surface area contributed by atoms with E-state index in [9.17, 15) is 14.4 Å². The lowest BCUT2D eigenvalue weighted by Crippen LogP contribution is -2.46. The maximum Gasteiger partial charge on any atom is 0.328 e. The number of likely N-dealkylation sites (tertiary alicyclic amines) is 1. The van der Waals surface area contributed by atoms with Crippen molar-refractivity contribution in [1.29, 1.82) is 0 Å². The third-order valence-corrected chi connectivity index (χ3v) is 5.67. The van der Waals surface area contributed by atoms with Crippen LogP contribution in [0.5, 0.6) is 5.75 Å². The fourth-order valence-electron chi connectivity index (χ4n) is 3.70. The Balaban J connectivity index is 1.77. The van der Waals surface area contributed by atoms with Crippen molar-refractivity contribution >= 4 is 17.8 Å². The number of nitrogens with one attached hydrogen (secondary N) is 2. The van der Waals surface area contributed by atoms with E-state index in [1.165, 1.54) is 6.08 Å². The number of carbonyl (C=O) groups excluding carboxylic acids is 3. The number of nitrogens with zero attached hydrogens (tertiary/aromatic N) is 1. The Morgan fingerprint density at radius 3 is 2.52 bits per heavy atom. The summed E-state index contributed by atoms with van der Waals surface area (Å²) in [4.78, 5) is 39.6. The molecule has 1 aromatic carbocycles. The van der Waals surface area contributed by atoms with E-state index in [-0.39, 0.29) is 24.3 Å². The summed E-state index contributed by atoms with van der Waals surface area (Å²) in [7, 11) is 2.04. The van der Waals surface area contributed by atoms with Crippen LogP contribution >= 0.6 is 0 Å².